The van der Waals surface area contributed by atoms with Gasteiger partial charge in [-0.15, -0.1) is 11.8 Å². The van der Waals surface area contributed by atoms with E-state index in [1.54, 1.807) is 30.1 Å². The molecule has 4 rings (SSSR count). The van der Waals surface area contributed by atoms with Crippen molar-refractivity contribution >= 4 is 29.4 Å². The molecule has 3 aromatic rings. The van der Waals surface area contributed by atoms with Crippen LogP contribution in [0.2, 0.25) is 0 Å². The Bertz CT molecular complexity index is 1110. The fourth-order valence-electron chi connectivity index (χ4n) is 3.37. The molecule has 1 aliphatic heterocycles. The molecule has 0 aliphatic carbocycles. The van der Waals surface area contributed by atoms with Crippen LogP contribution in [0.5, 0.6) is 0 Å². The number of nitrogens with zero attached hydrogens (tertiary/aromatic N) is 2. The van der Waals surface area contributed by atoms with E-state index in [1.165, 1.54) is 17.9 Å². The number of benzene rings is 2. The number of aromatic nitrogens is 1. The zero-order chi connectivity index (χ0) is 22.5. The van der Waals surface area contributed by atoms with Crippen LogP contribution in [0, 0.1) is 5.82 Å². The Balaban J connectivity index is 1.42. The number of hydrogen-bond donors (Lipinski definition) is 1. The van der Waals surface area contributed by atoms with Crippen LogP contribution in [0.3, 0.4) is 0 Å². The number of cyclic esters (lactones) is 1. The molecule has 32 heavy (non-hydrogen) atoms. The van der Waals surface area contributed by atoms with E-state index in [4.69, 9.17) is 4.74 Å². The van der Waals surface area contributed by atoms with Gasteiger partial charge in [-0.05, 0) is 41.5 Å². The van der Waals surface area contributed by atoms with Gasteiger partial charge in [-0.25, -0.2) is 14.2 Å². The van der Waals surface area contributed by atoms with Crippen molar-refractivity contribution in [3.8, 4) is 11.1 Å². The molecule has 2 amide bonds. The van der Waals surface area contributed by atoms with Gasteiger partial charge < -0.3 is 10.1 Å². The molecule has 1 saturated heterocycles. The van der Waals surface area contributed by atoms with Gasteiger partial charge in [0.05, 0.1) is 23.8 Å². The third-order valence-electron chi connectivity index (χ3n) is 5.01. The number of rotatable bonds is 7. The van der Waals surface area contributed by atoms with Crippen molar-refractivity contribution < 1.29 is 18.7 Å². The Kier molecular flexibility index (Phi) is 6.70. The van der Waals surface area contributed by atoms with E-state index < -0.39 is 18.0 Å². The van der Waals surface area contributed by atoms with Crippen LogP contribution in [0.25, 0.3) is 11.1 Å². The Morgan fingerprint density at radius 3 is 2.72 bits per heavy atom. The van der Waals surface area contributed by atoms with E-state index in [0.29, 0.717) is 11.3 Å². The summed E-state index contributed by atoms with van der Waals surface area (Å²) in [4.78, 5) is 28.9. The predicted octanol–water partition coefficient (Wildman–Crippen LogP) is 4.64. The van der Waals surface area contributed by atoms with Crippen molar-refractivity contribution in [2.75, 3.05) is 18.0 Å². The second-order valence-corrected chi connectivity index (χ2v) is 8.37. The Morgan fingerprint density at radius 1 is 1.22 bits per heavy atom. The summed E-state index contributed by atoms with van der Waals surface area (Å²) in [6.07, 6.45) is 0.746. The SMILES string of the molecule is CC(=O)NCC1CN(c2ccc(-c3ccc(CSc4ccccn4)cc3)c(F)c2)C(=O)O1. The fourth-order valence-corrected chi connectivity index (χ4v) is 4.19. The second kappa shape index (κ2) is 9.82. The standard InChI is InChI=1S/C24H22FN3O3S/c1-16(29)27-13-20-14-28(24(30)31-20)19-9-10-21(22(25)12-19)18-7-5-17(6-8-18)15-32-23-4-2-3-11-26-23/h2-12,20H,13-15H2,1H3,(H,27,29). The molecule has 0 radical (unpaired) electrons. The number of pyridine rings is 1. The number of amides is 2. The number of carbonyl (C=O) groups excluding carboxylic acids is 2. The average molecular weight is 452 g/mol. The van der Waals surface area contributed by atoms with Gasteiger partial charge in [-0.2, -0.15) is 0 Å². The molecule has 8 heteroatoms. The highest BCUT2D eigenvalue weighted by Crippen LogP contribution is 2.30. The van der Waals surface area contributed by atoms with Crippen molar-refractivity contribution in [3.63, 3.8) is 0 Å². The van der Waals surface area contributed by atoms with Crippen LogP contribution in [-0.4, -0.2) is 36.2 Å². The number of halogens is 1. The summed E-state index contributed by atoms with van der Waals surface area (Å²) in [7, 11) is 0. The summed E-state index contributed by atoms with van der Waals surface area (Å²) in [5, 5.41) is 3.58. The van der Waals surface area contributed by atoms with Crippen molar-refractivity contribution in [1.29, 1.82) is 0 Å². The smallest absolute Gasteiger partial charge is 0.414 e. The fraction of sp³-hybridized carbons (Fsp3) is 0.208. The van der Waals surface area contributed by atoms with Gasteiger partial charge in [0.25, 0.3) is 0 Å². The van der Waals surface area contributed by atoms with Gasteiger partial charge in [-0.3, -0.25) is 9.69 Å². The zero-order valence-electron chi connectivity index (χ0n) is 17.5. The third kappa shape index (κ3) is 5.26. The molecule has 2 aromatic carbocycles. The van der Waals surface area contributed by atoms with Gasteiger partial charge >= 0.3 is 6.09 Å². The van der Waals surface area contributed by atoms with Crippen molar-refractivity contribution in [3.05, 3.63) is 78.2 Å². The Morgan fingerprint density at radius 2 is 2.03 bits per heavy atom. The molecule has 0 bridgehead atoms. The first-order chi connectivity index (χ1) is 15.5. The summed E-state index contributed by atoms with van der Waals surface area (Å²) in [5.74, 6) is 0.155. The average Bonchev–Trinajstić information content (AvgIpc) is 3.18. The number of anilines is 1. The van der Waals surface area contributed by atoms with Crippen molar-refractivity contribution in [2.45, 2.75) is 23.8 Å². The Labute approximate surface area is 189 Å². The van der Waals surface area contributed by atoms with Crippen molar-refractivity contribution in [1.82, 2.24) is 10.3 Å². The van der Waals surface area contributed by atoms with Crippen LogP contribution in [0.15, 0.2) is 71.9 Å². The molecule has 1 unspecified atom stereocenters. The molecular weight excluding hydrogens is 429 g/mol. The first kappa shape index (κ1) is 21.8. The molecule has 2 heterocycles. The molecule has 0 spiro atoms. The topological polar surface area (TPSA) is 71.5 Å². The largest absolute Gasteiger partial charge is 0.442 e. The van der Waals surface area contributed by atoms with Crippen molar-refractivity contribution in [2.24, 2.45) is 0 Å². The molecular formula is C24H22FN3O3S. The number of carbonyl (C=O) groups is 2. The van der Waals surface area contributed by atoms with E-state index in [-0.39, 0.29) is 19.0 Å². The van der Waals surface area contributed by atoms with Crippen LogP contribution in [0.4, 0.5) is 14.9 Å². The van der Waals surface area contributed by atoms with Gasteiger partial charge in [-0.1, -0.05) is 30.3 Å². The maximum absolute atomic E-state index is 14.9. The highest BCUT2D eigenvalue weighted by atomic mass is 32.2. The summed E-state index contributed by atoms with van der Waals surface area (Å²) in [6, 6.07) is 18.2. The number of nitrogens with one attached hydrogen (secondary N) is 1. The van der Waals surface area contributed by atoms with Gasteiger partial charge in [0, 0.05) is 24.4 Å². The number of thioether (sulfide) groups is 1. The third-order valence-corrected chi connectivity index (χ3v) is 6.02. The van der Waals surface area contributed by atoms with Crippen LogP contribution < -0.4 is 10.2 Å². The normalized spacial score (nSPS) is 15.5. The van der Waals surface area contributed by atoms with Crippen LogP contribution in [-0.2, 0) is 15.3 Å². The van der Waals surface area contributed by atoms with Gasteiger partial charge in [0.15, 0.2) is 0 Å². The maximum Gasteiger partial charge on any atom is 0.414 e. The summed E-state index contributed by atoms with van der Waals surface area (Å²) in [6.45, 7) is 1.87. The molecule has 6 nitrogen and oxygen atoms in total. The second-order valence-electron chi connectivity index (χ2n) is 7.37. The van der Waals surface area contributed by atoms with E-state index in [1.807, 2.05) is 42.5 Å². The molecule has 164 valence electrons. The minimum absolute atomic E-state index is 0.198. The Hall–Kier alpha value is -3.39. The summed E-state index contributed by atoms with van der Waals surface area (Å²) >= 11 is 1.64. The van der Waals surface area contributed by atoms with Crippen LogP contribution in [0.1, 0.15) is 12.5 Å². The van der Waals surface area contributed by atoms with E-state index in [2.05, 4.69) is 10.3 Å². The first-order valence-corrected chi connectivity index (χ1v) is 11.1. The summed E-state index contributed by atoms with van der Waals surface area (Å²) < 4.78 is 20.1. The molecule has 1 fully saturated rings. The van der Waals surface area contributed by atoms with E-state index in [0.717, 1.165) is 21.9 Å². The van der Waals surface area contributed by atoms with E-state index >= 15 is 0 Å². The van der Waals surface area contributed by atoms with E-state index in [9.17, 15) is 14.0 Å². The number of ether oxygens (including phenoxy) is 1. The molecule has 0 saturated carbocycles. The lowest BCUT2D eigenvalue weighted by Crippen LogP contribution is -2.33. The minimum atomic E-state index is -0.553. The first-order valence-electron chi connectivity index (χ1n) is 10.1. The molecule has 1 aliphatic rings. The summed E-state index contributed by atoms with van der Waals surface area (Å²) in [5.41, 5.74) is 2.75. The quantitative estimate of drug-likeness (QED) is 0.530. The monoisotopic (exact) mass is 451 g/mol. The highest BCUT2D eigenvalue weighted by Gasteiger charge is 2.32. The number of hydrogen-bond acceptors (Lipinski definition) is 5. The molecule has 1 atom stereocenters. The lowest BCUT2D eigenvalue weighted by molar-refractivity contribution is -0.119. The highest BCUT2D eigenvalue weighted by molar-refractivity contribution is 7.98. The van der Waals surface area contributed by atoms with Gasteiger partial charge in [0.1, 0.15) is 11.9 Å². The zero-order valence-corrected chi connectivity index (χ0v) is 18.3. The molecule has 1 N–H and O–H groups in total. The maximum atomic E-state index is 14.9. The van der Waals surface area contributed by atoms with Gasteiger partial charge in [0.2, 0.25) is 5.91 Å². The lowest BCUT2D eigenvalue weighted by atomic mass is 10.0. The molecule has 1 aromatic heterocycles. The predicted molar refractivity (Wildman–Crippen MR) is 122 cm³/mol. The minimum Gasteiger partial charge on any atom is -0.442 e. The van der Waals surface area contributed by atoms with Crippen LogP contribution >= 0.6 is 11.8 Å². The lowest BCUT2D eigenvalue weighted by Gasteiger charge is -2.14.